The largest absolute Gasteiger partial charge is 0.392 e. The summed E-state index contributed by atoms with van der Waals surface area (Å²) in [4.78, 5) is 15.7. The van der Waals surface area contributed by atoms with Crippen LogP contribution in [-0.4, -0.2) is 25.8 Å². The van der Waals surface area contributed by atoms with E-state index in [2.05, 4.69) is 15.4 Å². The van der Waals surface area contributed by atoms with Gasteiger partial charge in [0.2, 0.25) is 5.91 Å². The molecule has 2 aromatic rings. The summed E-state index contributed by atoms with van der Waals surface area (Å²) in [5.41, 5.74) is 1.78. The molecule has 0 aliphatic rings. The molecule has 2 N–H and O–H groups in total. The van der Waals surface area contributed by atoms with Gasteiger partial charge in [-0.15, -0.1) is 0 Å². The third-order valence-electron chi connectivity index (χ3n) is 2.85. The van der Waals surface area contributed by atoms with Gasteiger partial charge >= 0.3 is 0 Å². The van der Waals surface area contributed by atoms with Gasteiger partial charge in [0.25, 0.3) is 0 Å². The fraction of sp³-hybridized carbons (Fsp3) is 0.308. The predicted octanol–water partition coefficient (Wildman–Crippen LogP) is 0.648. The minimum absolute atomic E-state index is 0.00283. The fourth-order valence-electron chi connectivity index (χ4n) is 1.71. The molecule has 1 aromatic heterocycles. The summed E-state index contributed by atoms with van der Waals surface area (Å²) in [6.45, 7) is 2.18. The van der Waals surface area contributed by atoms with Crippen molar-refractivity contribution in [3.8, 4) is 0 Å². The molecule has 1 amide bonds. The normalized spacial score (nSPS) is 12.1. The number of carbonyl (C=O) groups is 1. The Morgan fingerprint density at radius 2 is 2.26 bits per heavy atom. The highest BCUT2D eigenvalue weighted by molar-refractivity contribution is 5.79. The molecule has 1 atom stereocenters. The number of rotatable bonds is 5. The van der Waals surface area contributed by atoms with Gasteiger partial charge in [-0.3, -0.25) is 4.79 Å². The zero-order valence-corrected chi connectivity index (χ0v) is 10.7. The molecule has 0 spiro atoms. The van der Waals surface area contributed by atoms with Crippen molar-refractivity contribution in [2.45, 2.75) is 26.1 Å². The molecule has 6 nitrogen and oxygen atoms in total. The van der Waals surface area contributed by atoms with Gasteiger partial charge in [-0.25, -0.2) is 9.67 Å². The second-order valence-electron chi connectivity index (χ2n) is 4.25. The molecule has 0 fully saturated rings. The predicted molar refractivity (Wildman–Crippen MR) is 68.9 cm³/mol. The molecule has 0 saturated carbocycles. The van der Waals surface area contributed by atoms with Gasteiger partial charge in [0.05, 0.1) is 6.61 Å². The Labute approximate surface area is 111 Å². The second kappa shape index (κ2) is 6.10. The minimum Gasteiger partial charge on any atom is -0.392 e. The zero-order chi connectivity index (χ0) is 13.7. The van der Waals surface area contributed by atoms with E-state index in [1.165, 1.54) is 17.3 Å². The van der Waals surface area contributed by atoms with Crippen LogP contribution in [0.4, 0.5) is 0 Å². The Kier molecular flexibility index (Phi) is 4.25. The first kappa shape index (κ1) is 13.2. The molecule has 1 heterocycles. The number of carbonyl (C=O) groups excluding carboxylic acids is 1. The van der Waals surface area contributed by atoms with Gasteiger partial charge in [0.1, 0.15) is 18.7 Å². The average molecular weight is 260 g/mol. The summed E-state index contributed by atoms with van der Waals surface area (Å²) in [7, 11) is 0. The van der Waals surface area contributed by atoms with Crippen molar-refractivity contribution in [2.24, 2.45) is 0 Å². The van der Waals surface area contributed by atoms with E-state index in [-0.39, 0.29) is 12.5 Å². The van der Waals surface area contributed by atoms with Crippen LogP contribution in [0.1, 0.15) is 24.1 Å². The quantitative estimate of drug-likeness (QED) is 0.827. The van der Waals surface area contributed by atoms with Crippen LogP contribution in [0.5, 0.6) is 0 Å². The Hall–Kier alpha value is -2.21. The van der Waals surface area contributed by atoms with Gasteiger partial charge < -0.3 is 10.4 Å². The van der Waals surface area contributed by atoms with E-state index in [1.54, 1.807) is 6.92 Å². The number of hydrogen-bond donors (Lipinski definition) is 2. The van der Waals surface area contributed by atoms with Crippen molar-refractivity contribution >= 4 is 5.91 Å². The summed E-state index contributed by atoms with van der Waals surface area (Å²) in [5.74, 6) is -0.125. The van der Waals surface area contributed by atoms with Crippen molar-refractivity contribution in [1.82, 2.24) is 20.1 Å². The summed E-state index contributed by atoms with van der Waals surface area (Å²) in [6, 6.07) is 7.06. The Morgan fingerprint density at radius 1 is 1.47 bits per heavy atom. The fourth-order valence-corrected chi connectivity index (χ4v) is 1.71. The number of nitrogens with one attached hydrogen (secondary N) is 1. The van der Waals surface area contributed by atoms with Crippen LogP contribution in [0, 0.1) is 0 Å². The maximum Gasteiger partial charge on any atom is 0.244 e. The Balaban J connectivity index is 1.93. The zero-order valence-electron chi connectivity index (χ0n) is 10.7. The second-order valence-corrected chi connectivity index (χ2v) is 4.25. The molecule has 0 saturated heterocycles. The number of benzene rings is 1. The van der Waals surface area contributed by atoms with E-state index in [1.807, 2.05) is 24.3 Å². The molecule has 6 heteroatoms. The van der Waals surface area contributed by atoms with Crippen molar-refractivity contribution in [3.05, 3.63) is 48.0 Å². The number of aliphatic hydroxyl groups is 1. The lowest BCUT2D eigenvalue weighted by molar-refractivity contribution is -0.124. The summed E-state index contributed by atoms with van der Waals surface area (Å²) in [6.07, 6.45) is 2.91. The summed E-state index contributed by atoms with van der Waals surface area (Å²) in [5, 5.41) is 15.8. The van der Waals surface area contributed by atoms with Crippen LogP contribution in [0.15, 0.2) is 36.9 Å². The van der Waals surface area contributed by atoms with E-state index in [9.17, 15) is 4.79 Å². The maximum atomic E-state index is 11.9. The van der Waals surface area contributed by atoms with Gasteiger partial charge in [0.15, 0.2) is 0 Å². The van der Waals surface area contributed by atoms with E-state index >= 15 is 0 Å². The highest BCUT2D eigenvalue weighted by Gasteiger charge is 2.14. The van der Waals surface area contributed by atoms with Crippen molar-refractivity contribution < 1.29 is 9.90 Å². The highest BCUT2D eigenvalue weighted by Crippen LogP contribution is 2.06. The maximum absolute atomic E-state index is 11.9. The molecule has 0 aliphatic heterocycles. The van der Waals surface area contributed by atoms with Crippen LogP contribution in [0.25, 0.3) is 0 Å². The van der Waals surface area contributed by atoms with Crippen LogP contribution in [0.2, 0.25) is 0 Å². The lowest BCUT2D eigenvalue weighted by atomic mass is 10.1. The number of nitrogens with zero attached hydrogens (tertiary/aromatic N) is 3. The topological polar surface area (TPSA) is 80.0 Å². The molecule has 19 heavy (non-hydrogen) atoms. The van der Waals surface area contributed by atoms with Gasteiger partial charge in [0, 0.05) is 6.54 Å². The first-order chi connectivity index (χ1) is 9.20. The lowest BCUT2D eigenvalue weighted by Crippen LogP contribution is -2.30. The van der Waals surface area contributed by atoms with Crippen molar-refractivity contribution in [1.29, 1.82) is 0 Å². The number of aromatic nitrogens is 3. The van der Waals surface area contributed by atoms with Gasteiger partial charge in [-0.05, 0) is 18.1 Å². The molecule has 0 aliphatic carbocycles. The Bertz CT molecular complexity index is 539. The van der Waals surface area contributed by atoms with Crippen LogP contribution >= 0.6 is 0 Å². The minimum atomic E-state index is -0.400. The van der Waals surface area contributed by atoms with E-state index in [0.717, 1.165) is 11.1 Å². The van der Waals surface area contributed by atoms with Crippen LogP contribution < -0.4 is 5.32 Å². The molecule has 1 aromatic carbocycles. The lowest BCUT2D eigenvalue weighted by Gasteiger charge is -2.12. The highest BCUT2D eigenvalue weighted by atomic mass is 16.3. The molecule has 0 radical (unpaired) electrons. The van der Waals surface area contributed by atoms with Crippen molar-refractivity contribution in [3.63, 3.8) is 0 Å². The third kappa shape index (κ3) is 3.38. The number of amides is 1. The summed E-state index contributed by atoms with van der Waals surface area (Å²) < 4.78 is 1.50. The summed E-state index contributed by atoms with van der Waals surface area (Å²) >= 11 is 0. The SMILES string of the molecule is CC(C(=O)NCc1cccc(CO)c1)n1cncn1. The smallest absolute Gasteiger partial charge is 0.244 e. The van der Waals surface area contributed by atoms with E-state index in [0.29, 0.717) is 6.54 Å². The third-order valence-corrected chi connectivity index (χ3v) is 2.85. The first-order valence-corrected chi connectivity index (χ1v) is 6.01. The monoisotopic (exact) mass is 260 g/mol. The van der Waals surface area contributed by atoms with Gasteiger partial charge in [-0.1, -0.05) is 24.3 Å². The average Bonchev–Trinajstić information content (AvgIpc) is 2.98. The van der Waals surface area contributed by atoms with Gasteiger partial charge in [-0.2, -0.15) is 5.10 Å². The van der Waals surface area contributed by atoms with E-state index < -0.39 is 6.04 Å². The first-order valence-electron chi connectivity index (χ1n) is 6.01. The number of aliphatic hydroxyl groups excluding tert-OH is 1. The molecule has 100 valence electrons. The van der Waals surface area contributed by atoms with Crippen molar-refractivity contribution in [2.75, 3.05) is 0 Å². The standard InChI is InChI=1S/C13H16N4O2/c1-10(17-9-14-8-16-17)13(19)15-6-11-3-2-4-12(5-11)7-18/h2-5,8-10,18H,6-7H2,1H3,(H,15,19). The Morgan fingerprint density at radius 3 is 2.95 bits per heavy atom. The number of hydrogen-bond acceptors (Lipinski definition) is 4. The van der Waals surface area contributed by atoms with Crippen LogP contribution in [-0.2, 0) is 17.9 Å². The molecular formula is C13H16N4O2. The molecule has 2 rings (SSSR count). The van der Waals surface area contributed by atoms with E-state index in [4.69, 9.17) is 5.11 Å². The molecule has 0 bridgehead atoms. The molecular weight excluding hydrogens is 244 g/mol. The molecule has 1 unspecified atom stereocenters. The van der Waals surface area contributed by atoms with Crippen LogP contribution in [0.3, 0.4) is 0 Å².